The number of rotatable bonds is 4. The molecule has 0 saturated heterocycles. The van der Waals surface area contributed by atoms with E-state index in [0.29, 0.717) is 11.0 Å². The fraction of sp³-hybridized carbons (Fsp3) is 0.900. The second-order valence-corrected chi connectivity index (χ2v) is 4.34. The summed E-state index contributed by atoms with van der Waals surface area (Å²) in [5, 5.41) is 0.356. The third-order valence-electron chi connectivity index (χ3n) is 2.68. The minimum absolute atomic E-state index is 0.278. The Morgan fingerprint density at radius 1 is 1.50 bits per heavy atom. The normalized spacial score (nSPS) is 29.7. The van der Waals surface area contributed by atoms with E-state index in [4.69, 9.17) is 0 Å². The second kappa shape index (κ2) is 4.90. The van der Waals surface area contributed by atoms with Crippen molar-refractivity contribution in [2.24, 2.45) is 5.92 Å². The molecule has 1 nitrogen and oxygen atoms in total. The van der Waals surface area contributed by atoms with E-state index in [9.17, 15) is 4.79 Å². The molecule has 0 aromatic heterocycles. The molecule has 0 N–H and O–H groups in total. The number of unbranched alkanes of at least 4 members (excludes halogenated alkanes) is 2. The van der Waals surface area contributed by atoms with Crippen LogP contribution in [-0.2, 0) is 4.79 Å². The molecular formula is C10H18OS. The van der Waals surface area contributed by atoms with Crippen LogP contribution >= 0.6 is 12.6 Å². The number of ketones is 1. The van der Waals surface area contributed by atoms with E-state index in [0.717, 1.165) is 19.3 Å². The molecule has 0 aliphatic heterocycles. The van der Waals surface area contributed by atoms with Crippen LogP contribution in [-0.4, -0.2) is 11.0 Å². The Morgan fingerprint density at radius 3 is 2.75 bits per heavy atom. The number of carbonyl (C=O) groups excluding carboxylic acids is 1. The summed E-state index contributed by atoms with van der Waals surface area (Å²) in [6, 6.07) is 0. The Morgan fingerprint density at radius 2 is 2.25 bits per heavy atom. The van der Waals surface area contributed by atoms with E-state index in [2.05, 4.69) is 19.6 Å². The molecule has 0 amide bonds. The Kier molecular flexibility index (Phi) is 4.13. The van der Waals surface area contributed by atoms with Crippen molar-refractivity contribution in [2.75, 3.05) is 0 Å². The van der Waals surface area contributed by atoms with Gasteiger partial charge in [-0.25, -0.2) is 0 Å². The van der Waals surface area contributed by atoms with Crippen molar-refractivity contribution in [3.8, 4) is 0 Å². The number of carbonyl (C=O) groups is 1. The van der Waals surface area contributed by atoms with Crippen molar-refractivity contribution in [2.45, 2.75) is 50.7 Å². The third kappa shape index (κ3) is 2.51. The van der Waals surface area contributed by atoms with Crippen LogP contribution in [0.5, 0.6) is 0 Å². The summed E-state index contributed by atoms with van der Waals surface area (Å²) < 4.78 is 0. The number of hydrogen-bond acceptors (Lipinski definition) is 2. The lowest BCUT2D eigenvalue weighted by Gasteiger charge is -2.11. The van der Waals surface area contributed by atoms with Gasteiger partial charge in [-0.2, -0.15) is 12.6 Å². The average Bonchev–Trinajstić information content (AvgIpc) is 2.35. The van der Waals surface area contributed by atoms with Crippen molar-refractivity contribution >= 4 is 18.4 Å². The lowest BCUT2D eigenvalue weighted by Crippen LogP contribution is -2.14. The first-order valence-electron chi connectivity index (χ1n) is 4.96. The van der Waals surface area contributed by atoms with Gasteiger partial charge in [-0.3, -0.25) is 4.79 Å². The minimum atomic E-state index is 0.278. The molecular weight excluding hydrogens is 168 g/mol. The van der Waals surface area contributed by atoms with E-state index in [1.807, 2.05) is 0 Å². The number of thiol groups is 1. The van der Waals surface area contributed by atoms with Crippen LogP contribution in [0.4, 0.5) is 0 Å². The Balaban J connectivity index is 2.25. The van der Waals surface area contributed by atoms with Gasteiger partial charge in [0.2, 0.25) is 0 Å². The molecule has 2 atom stereocenters. The molecule has 2 heteroatoms. The largest absolute Gasteiger partial charge is 0.299 e. The Bertz CT molecular complexity index is 156. The fourth-order valence-corrected chi connectivity index (χ4v) is 2.30. The molecule has 1 fully saturated rings. The zero-order valence-corrected chi connectivity index (χ0v) is 8.65. The minimum Gasteiger partial charge on any atom is -0.299 e. The summed E-state index contributed by atoms with van der Waals surface area (Å²) in [5.41, 5.74) is 0. The van der Waals surface area contributed by atoms with Crippen LogP contribution in [0.3, 0.4) is 0 Å². The van der Waals surface area contributed by atoms with Crippen LogP contribution in [0.2, 0.25) is 0 Å². The van der Waals surface area contributed by atoms with Gasteiger partial charge >= 0.3 is 0 Å². The van der Waals surface area contributed by atoms with Gasteiger partial charge in [-0.1, -0.05) is 26.2 Å². The van der Waals surface area contributed by atoms with E-state index >= 15 is 0 Å². The SMILES string of the molecule is CCCCCC1C(=O)CCC1S. The maximum atomic E-state index is 11.3. The van der Waals surface area contributed by atoms with Gasteiger partial charge < -0.3 is 0 Å². The molecule has 0 heterocycles. The predicted molar refractivity (Wildman–Crippen MR) is 54.6 cm³/mol. The van der Waals surface area contributed by atoms with Gasteiger partial charge in [-0.15, -0.1) is 0 Å². The Hall–Kier alpha value is 0.0200. The molecule has 0 radical (unpaired) electrons. The van der Waals surface area contributed by atoms with Crippen LogP contribution in [0.1, 0.15) is 45.4 Å². The molecule has 0 aromatic rings. The second-order valence-electron chi connectivity index (χ2n) is 3.67. The molecule has 2 unspecified atom stereocenters. The van der Waals surface area contributed by atoms with Crippen LogP contribution in [0.25, 0.3) is 0 Å². The average molecular weight is 186 g/mol. The zero-order chi connectivity index (χ0) is 8.97. The van der Waals surface area contributed by atoms with Crippen molar-refractivity contribution in [3.05, 3.63) is 0 Å². The van der Waals surface area contributed by atoms with Crippen molar-refractivity contribution in [1.82, 2.24) is 0 Å². The topological polar surface area (TPSA) is 17.1 Å². The number of hydrogen-bond donors (Lipinski definition) is 1. The van der Waals surface area contributed by atoms with E-state index in [-0.39, 0.29) is 5.92 Å². The van der Waals surface area contributed by atoms with E-state index in [1.165, 1.54) is 19.3 Å². The molecule has 12 heavy (non-hydrogen) atoms. The van der Waals surface area contributed by atoms with Gasteiger partial charge in [-0.05, 0) is 12.8 Å². The standard InChI is InChI=1S/C10H18OS/c1-2-3-4-5-8-9(11)6-7-10(8)12/h8,10,12H,2-7H2,1H3. The maximum absolute atomic E-state index is 11.3. The first-order chi connectivity index (χ1) is 5.75. The summed E-state index contributed by atoms with van der Waals surface area (Å²) >= 11 is 4.43. The van der Waals surface area contributed by atoms with Crippen molar-refractivity contribution < 1.29 is 4.79 Å². The first-order valence-corrected chi connectivity index (χ1v) is 5.48. The molecule has 1 saturated carbocycles. The lowest BCUT2D eigenvalue weighted by atomic mass is 9.99. The van der Waals surface area contributed by atoms with Crippen LogP contribution in [0, 0.1) is 5.92 Å². The van der Waals surface area contributed by atoms with Gasteiger partial charge in [0, 0.05) is 17.6 Å². The highest BCUT2D eigenvalue weighted by atomic mass is 32.1. The van der Waals surface area contributed by atoms with E-state index < -0.39 is 0 Å². The van der Waals surface area contributed by atoms with E-state index in [1.54, 1.807) is 0 Å². The lowest BCUT2D eigenvalue weighted by molar-refractivity contribution is -0.120. The summed E-state index contributed by atoms with van der Waals surface area (Å²) in [6.07, 6.45) is 6.52. The molecule has 0 bridgehead atoms. The predicted octanol–water partition coefficient (Wildman–Crippen LogP) is 2.84. The van der Waals surface area contributed by atoms with Crippen LogP contribution in [0.15, 0.2) is 0 Å². The summed E-state index contributed by atoms with van der Waals surface area (Å²) in [6.45, 7) is 2.19. The van der Waals surface area contributed by atoms with Crippen molar-refractivity contribution in [3.63, 3.8) is 0 Å². The molecule has 0 spiro atoms. The molecule has 70 valence electrons. The third-order valence-corrected chi connectivity index (χ3v) is 3.30. The fourth-order valence-electron chi connectivity index (χ4n) is 1.86. The monoisotopic (exact) mass is 186 g/mol. The highest BCUT2D eigenvalue weighted by Gasteiger charge is 2.31. The van der Waals surface area contributed by atoms with Gasteiger partial charge in [0.05, 0.1) is 0 Å². The van der Waals surface area contributed by atoms with Gasteiger partial charge in [0.15, 0.2) is 0 Å². The van der Waals surface area contributed by atoms with Crippen LogP contribution < -0.4 is 0 Å². The number of Topliss-reactive ketones (excluding diaryl/α,β-unsaturated/α-hetero) is 1. The Labute approximate surface area is 80.3 Å². The highest BCUT2D eigenvalue weighted by molar-refractivity contribution is 7.81. The first kappa shape index (κ1) is 10.1. The molecule has 1 aliphatic rings. The smallest absolute Gasteiger partial charge is 0.137 e. The summed E-state index contributed by atoms with van der Waals surface area (Å²) in [4.78, 5) is 11.3. The zero-order valence-electron chi connectivity index (χ0n) is 7.75. The maximum Gasteiger partial charge on any atom is 0.137 e. The van der Waals surface area contributed by atoms with Gasteiger partial charge in [0.1, 0.15) is 5.78 Å². The van der Waals surface area contributed by atoms with Gasteiger partial charge in [0.25, 0.3) is 0 Å². The highest BCUT2D eigenvalue weighted by Crippen LogP contribution is 2.30. The summed E-state index contributed by atoms with van der Waals surface area (Å²) in [7, 11) is 0. The quantitative estimate of drug-likeness (QED) is 0.528. The molecule has 0 aromatic carbocycles. The molecule has 1 rings (SSSR count). The summed E-state index contributed by atoms with van der Waals surface area (Å²) in [5.74, 6) is 0.728. The molecule has 1 aliphatic carbocycles. The van der Waals surface area contributed by atoms with Crippen molar-refractivity contribution in [1.29, 1.82) is 0 Å².